The predicted molar refractivity (Wildman–Crippen MR) is 39.1 cm³/mol. The summed E-state index contributed by atoms with van der Waals surface area (Å²) >= 11 is 0. The molecule has 1 N–H and O–H groups in total. The Morgan fingerprint density at radius 1 is 1.67 bits per heavy atom. The Morgan fingerprint density at radius 2 is 2.44 bits per heavy atom. The van der Waals surface area contributed by atoms with Crippen molar-refractivity contribution in [2.75, 3.05) is 13.1 Å². The van der Waals surface area contributed by atoms with Crippen molar-refractivity contribution in [1.29, 1.82) is 0 Å². The lowest BCUT2D eigenvalue weighted by Crippen LogP contribution is -3.04. The van der Waals surface area contributed by atoms with Crippen LogP contribution in [0.15, 0.2) is 0 Å². The molecule has 1 heterocycles. The number of nitrogens with one attached hydrogen (secondary N) is 1. The van der Waals surface area contributed by atoms with Crippen molar-refractivity contribution in [3.63, 3.8) is 0 Å². The van der Waals surface area contributed by atoms with Crippen LogP contribution in [0.25, 0.3) is 0 Å². The molecule has 0 spiro atoms. The highest BCUT2D eigenvalue weighted by molar-refractivity contribution is 4.60. The fourth-order valence-electron chi connectivity index (χ4n) is 1.68. The van der Waals surface area contributed by atoms with E-state index in [1.54, 1.807) is 0 Å². The molecule has 1 heteroatoms. The summed E-state index contributed by atoms with van der Waals surface area (Å²) in [6.07, 6.45) is 4.17. The van der Waals surface area contributed by atoms with Gasteiger partial charge in [-0.1, -0.05) is 13.3 Å². The Balaban J connectivity index is 2.14. The van der Waals surface area contributed by atoms with Crippen molar-refractivity contribution in [3.8, 4) is 0 Å². The van der Waals surface area contributed by atoms with Crippen molar-refractivity contribution in [2.24, 2.45) is 5.92 Å². The van der Waals surface area contributed by atoms with Gasteiger partial charge < -0.3 is 4.90 Å². The van der Waals surface area contributed by atoms with E-state index in [4.69, 9.17) is 0 Å². The molecule has 0 amide bonds. The van der Waals surface area contributed by atoms with Crippen molar-refractivity contribution < 1.29 is 4.90 Å². The molecule has 0 aliphatic carbocycles. The van der Waals surface area contributed by atoms with Crippen LogP contribution in [0.2, 0.25) is 0 Å². The molecule has 1 nitrogen and oxygen atoms in total. The molecule has 1 aliphatic heterocycles. The van der Waals surface area contributed by atoms with Crippen LogP contribution in [0.5, 0.6) is 0 Å². The van der Waals surface area contributed by atoms with Gasteiger partial charge >= 0.3 is 0 Å². The molecule has 0 saturated carbocycles. The summed E-state index contributed by atoms with van der Waals surface area (Å²) < 4.78 is 0. The molecule has 0 aromatic heterocycles. The molecule has 0 bridgehead atoms. The maximum absolute atomic E-state index is 3.99. The molecule has 2 atom stereocenters. The van der Waals surface area contributed by atoms with E-state index in [2.05, 4.69) is 14.0 Å². The molecule has 1 fully saturated rings. The Labute approximate surface area is 58.0 Å². The zero-order valence-electron chi connectivity index (χ0n) is 6.32. The highest BCUT2D eigenvalue weighted by Crippen LogP contribution is 2.10. The van der Waals surface area contributed by atoms with Crippen molar-refractivity contribution >= 4 is 0 Å². The Kier molecular flexibility index (Phi) is 2.52. The van der Waals surface area contributed by atoms with E-state index in [1.165, 1.54) is 37.3 Å². The second kappa shape index (κ2) is 3.21. The molecular weight excluding hydrogens is 110 g/mol. The average molecular weight is 127 g/mol. The van der Waals surface area contributed by atoms with Crippen LogP contribution in [-0.4, -0.2) is 13.1 Å². The van der Waals surface area contributed by atoms with Gasteiger partial charge in [-0.25, -0.2) is 0 Å². The van der Waals surface area contributed by atoms with Gasteiger partial charge in [-0.3, -0.25) is 0 Å². The summed E-state index contributed by atoms with van der Waals surface area (Å²) in [5, 5.41) is 0. The average Bonchev–Trinajstić information content (AvgIpc) is 2.17. The third kappa shape index (κ3) is 1.98. The third-order valence-corrected chi connectivity index (χ3v) is 2.18. The van der Waals surface area contributed by atoms with Crippen LogP contribution in [0.3, 0.4) is 0 Å². The van der Waals surface area contributed by atoms with E-state index in [9.17, 15) is 0 Å². The molecule has 0 aromatic carbocycles. The summed E-state index contributed by atoms with van der Waals surface area (Å²) in [6, 6.07) is 0. The summed E-state index contributed by atoms with van der Waals surface area (Å²) in [5.41, 5.74) is 0. The van der Waals surface area contributed by atoms with E-state index in [1.807, 2.05) is 0 Å². The lowest BCUT2D eigenvalue weighted by Gasteiger charge is -2.12. The van der Waals surface area contributed by atoms with Gasteiger partial charge in [0.15, 0.2) is 0 Å². The highest BCUT2D eigenvalue weighted by Gasteiger charge is 2.18. The maximum atomic E-state index is 3.99. The number of rotatable bonds is 2. The third-order valence-electron chi connectivity index (χ3n) is 2.18. The lowest BCUT2D eigenvalue weighted by molar-refractivity contribution is -0.841. The van der Waals surface area contributed by atoms with Crippen molar-refractivity contribution in [1.82, 2.24) is 0 Å². The second-order valence-electron chi connectivity index (χ2n) is 3.15. The molecule has 54 valence electrons. The van der Waals surface area contributed by atoms with Gasteiger partial charge in [-0.15, -0.1) is 0 Å². The number of hydrogen-bond donors (Lipinski definition) is 1. The first-order valence-electron chi connectivity index (χ1n) is 3.99. The van der Waals surface area contributed by atoms with Gasteiger partial charge in [-0.2, -0.15) is 7.05 Å². The highest BCUT2D eigenvalue weighted by atomic mass is 15.1. The zero-order valence-corrected chi connectivity index (χ0v) is 6.32. The van der Waals surface area contributed by atoms with E-state index in [-0.39, 0.29) is 0 Å². The van der Waals surface area contributed by atoms with Gasteiger partial charge in [0.25, 0.3) is 0 Å². The first-order chi connectivity index (χ1) is 4.33. The predicted octanol–water partition coefficient (Wildman–Crippen LogP) is 0.483. The topological polar surface area (TPSA) is 4.44 Å². The Hall–Kier alpha value is -0.0400. The van der Waals surface area contributed by atoms with Crippen molar-refractivity contribution in [2.45, 2.75) is 26.2 Å². The van der Waals surface area contributed by atoms with Crippen LogP contribution >= 0.6 is 0 Å². The first-order valence-corrected chi connectivity index (χ1v) is 3.99. The fraction of sp³-hybridized carbons (Fsp3) is 0.875. The first kappa shape index (κ1) is 7.07. The van der Waals surface area contributed by atoms with Gasteiger partial charge in [0.05, 0.1) is 13.1 Å². The van der Waals surface area contributed by atoms with Crippen LogP contribution < -0.4 is 4.90 Å². The number of quaternary nitrogens is 1. The quantitative estimate of drug-likeness (QED) is 0.515. The van der Waals surface area contributed by atoms with Gasteiger partial charge in [0.2, 0.25) is 0 Å². The number of likely N-dealkylation sites (tertiary alicyclic amines) is 1. The van der Waals surface area contributed by atoms with Gasteiger partial charge in [-0.05, 0) is 6.42 Å². The van der Waals surface area contributed by atoms with Crippen LogP contribution in [-0.2, 0) is 0 Å². The van der Waals surface area contributed by atoms with Crippen LogP contribution in [0.1, 0.15) is 26.2 Å². The summed E-state index contributed by atoms with van der Waals surface area (Å²) in [5.74, 6) is 0.988. The van der Waals surface area contributed by atoms with Crippen molar-refractivity contribution in [3.05, 3.63) is 7.05 Å². The monoisotopic (exact) mass is 127 g/mol. The molecule has 2 unspecified atom stereocenters. The largest absolute Gasteiger partial charge is 0.468 e. The second-order valence-corrected chi connectivity index (χ2v) is 3.15. The lowest BCUT2D eigenvalue weighted by atomic mass is 10.0. The Morgan fingerprint density at radius 3 is 2.89 bits per heavy atom. The normalized spacial score (nSPS) is 35.3. The van der Waals surface area contributed by atoms with E-state index >= 15 is 0 Å². The van der Waals surface area contributed by atoms with E-state index in [0.29, 0.717) is 0 Å². The summed E-state index contributed by atoms with van der Waals surface area (Å²) in [4.78, 5) is 1.48. The molecule has 0 radical (unpaired) electrons. The minimum absolute atomic E-state index is 0.988. The molecule has 1 rings (SSSR count). The number of hydrogen-bond acceptors (Lipinski definition) is 0. The minimum Gasteiger partial charge on any atom is -0.468 e. The van der Waals surface area contributed by atoms with E-state index < -0.39 is 0 Å². The minimum atomic E-state index is 0.988. The SMILES string of the molecule is [CH2-][NH+]1CCC(CCC)C1. The van der Waals surface area contributed by atoms with Crippen LogP contribution in [0, 0.1) is 13.0 Å². The molecule has 0 aromatic rings. The van der Waals surface area contributed by atoms with Gasteiger partial charge in [0.1, 0.15) is 0 Å². The van der Waals surface area contributed by atoms with Crippen LogP contribution in [0.4, 0.5) is 0 Å². The molecule has 9 heavy (non-hydrogen) atoms. The fourth-order valence-corrected chi connectivity index (χ4v) is 1.68. The summed E-state index contributed by atoms with van der Waals surface area (Å²) in [7, 11) is 3.99. The Bertz CT molecular complexity index is 78.6. The van der Waals surface area contributed by atoms with E-state index in [0.717, 1.165) is 5.92 Å². The standard InChI is InChI=1S/C8H17N/c1-3-4-8-5-6-9(2)7-8/h8-9H,2-7H2,1H3. The smallest absolute Gasteiger partial charge is 0.0561 e. The molecule has 1 saturated heterocycles. The van der Waals surface area contributed by atoms with Gasteiger partial charge in [0, 0.05) is 12.3 Å². The molecular formula is C8H17N. The zero-order chi connectivity index (χ0) is 6.69. The maximum Gasteiger partial charge on any atom is 0.0561 e. The summed E-state index contributed by atoms with van der Waals surface area (Å²) in [6.45, 7) is 4.87. The molecule has 1 aliphatic rings.